The number of aliphatic carboxylic acids is 1. The van der Waals surface area contributed by atoms with Crippen LogP contribution < -0.4 is 0 Å². The number of carboxylic acid groups (broad SMARTS) is 1. The maximum atomic E-state index is 10.2. The van der Waals surface area contributed by atoms with Gasteiger partial charge in [0.05, 0.1) is 12.2 Å². The largest absolute Gasteiger partial charge is 0.481 e. The molecule has 0 aliphatic heterocycles. The van der Waals surface area contributed by atoms with E-state index in [1.165, 1.54) is 0 Å². The van der Waals surface area contributed by atoms with Gasteiger partial charge in [0, 0.05) is 6.42 Å². The van der Waals surface area contributed by atoms with Crippen molar-refractivity contribution in [1.82, 2.24) is 0 Å². The Kier molecular flexibility index (Phi) is 5.49. The molecule has 0 spiro atoms. The molecule has 0 radical (unpaired) electrons. The molecule has 0 bridgehead atoms. The Hall–Kier alpha value is -0.870. The molecule has 0 aromatic heterocycles. The van der Waals surface area contributed by atoms with Crippen molar-refractivity contribution in [3.8, 4) is 0 Å². The molecule has 0 aromatic carbocycles. The van der Waals surface area contributed by atoms with Crippen molar-refractivity contribution >= 4 is 5.97 Å². The average molecular weight is 228 g/mol. The molecule has 3 N–H and O–H groups in total. The summed E-state index contributed by atoms with van der Waals surface area (Å²) in [6, 6.07) is 0. The van der Waals surface area contributed by atoms with Crippen molar-refractivity contribution in [1.29, 1.82) is 0 Å². The number of aliphatic hydroxyl groups is 2. The molecule has 0 aromatic rings. The van der Waals surface area contributed by atoms with E-state index >= 15 is 0 Å². The SMILES string of the molecule is O=C(O)CCC/C=C\C[C@@H]1C[C@@H](O)C[C@H]1O. The Morgan fingerprint density at radius 3 is 2.56 bits per heavy atom. The van der Waals surface area contributed by atoms with Gasteiger partial charge in [-0.3, -0.25) is 4.79 Å². The molecule has 1 fully saturated rings. The van der Waals surface area contributed by atoms with E-state index in [1.54, 1.807) is 0 Å². The molecular formula is C12H20O4. The van der Waals surface area contributed by atoms with Crippen molar-refractivity contribution in [2.45, 2.75) is 50.7 Å². The lowest BCUT2D eigenvalue weighted by molar-refractivity contribution is -0.137. The van der Waals surface area contributed by atoms with E-state index in [0.717, 1.165) is 12.8 Å². The summed E-state index contributed by atoms with van der Waals surface area (Å²) < 4.78 is 0. The predicted molar refractivity (Wildman–Crippen MR) is 60.0 cm³/mol. The van der Waals surface area contributed by atoms with E-state index in [4.69, 9.17) is 5.11 Å². The summed E-state index contributed by atoms with van der Waals surface area (Å²) >= 11 is 0. The van der Waals surface area contributed by atoms with E-state index in [2.05, 4.69) is 0 Å². The molecular weight excluding hydrogens is 208 g/mol. The van der Waals surface area contributed by atoms with Crippen LogP contribution in [0.5, 0.6) is 0 Å². The Balaban J connectivity index is 2.10. The first-order valence-corrected chi connectivity index (χ1v) is 5.82. The van der Waals surface area contributed by atoms with E-state index < -0.39 is 12.1 Å². The van der Waals surface area contributed by atoms with Gasteiger partial charge in [-0.05, 0) is 38.0 Å². The molecule has 4 nitrogen and oxygen atoms in total. The second kappa shape index (κ2) is 6.66. The van der Waals surface area contributed by atoms with Gasteiger partial charge in [0.1, 0.15) is 0 Å². The van der Waals surface area contributed by atoms with Gasteiger partial charge >= 0.3 is 5.97 Å². The zero-order valence-electron chi connectivity index (χ0n) is 9.38. The van der Waals surface area contributed by atoms with Crippen molar-refractivity contribution in [2.24, 2.45) is 5.92 Å². The lowest BCUT2D eigenvalue weighted by atomic mass is 10.0. The van der Waals surface area contributed by atoms with E-state index in [1.807, 2.05) is 12.2 Å². The van der Waals surface area contributed by atoms with Crippen LogP contribution >= 0.6 is 0 Å². The maximum Gasteiger partial charge on any atom is 0.303 e. The normalized spacial score (nSPS) is 30.0. The molecule has 0 unspecified atom stereocenters. The molecule has 4 heteroatoms. The molecule has 16 heavy (non-hydrogen) atoms. The van der Waals surface area contributed by atoms with Crippen LogP contribution in [0, 0.1) is 5.92 Å². The fraction of sp³-hybridized carbons (Fsp3) is 0.750. The van der Waals surface area contributed by atoms with Gasteiger partial charge in [-0.2, -0.15) is 0 Å². The van der Waals surface area contributed by atoms with Crippen LogP contribution in [0.15, 0.2) is 12.2 Å². The minimum absolute atomic E-state index is 0.158. The van der Waals surface area contributed by atoms with Crippen LogP contribution in [0.3, 0.4) is 0 Å². The van der Waals surface area contributed by atoms with Crippen LogP contribution in [0.4, 0.5) is 0 Å². The first kappa shape index (κ1) is 13.2. The van der Waals surface area contributed by atoms with Gasteiger partial charge in [-0.25, -0.2) is 0 Å². The third-order valence-electron chi connectivity index (χ3n) is 3.00. The quantitative estimate of drug-likeness (QED) is 0.473. The molecule has 1 aliphatic rings. The monoisotopic (exact) mass is 228 g/mol. The van der Waals surface area contributed by atoms with Crippen molar-refractivity contribution in [3.05, 3.63) is 12.2 Å². The summed E-state index contributed by atoms with van der Waals surface area (Å²) in [5.41, 5.74) is 0. The number of hydrogen-bond acceptors (Lipinski definition) is 3. The van der Waals surface area contributed by atoms with E-state index in [-0.39, 0.29) is 18.4 Å². The zero-order valence-corrected chi connectivity index (χ0v) is 9.38. The Morgan fingerprint density at radius 1 is 1.25 bits per heavy atom. The Bertz CT molecular complexity index is 249. The number of allylic oxidation sites excluding steroid dienone is 2. The highest BCUT2D eigenvalue weighted by atomic mass is 16.4. The lowest BCUT2D eigenvalue weighted by Gasteiger charge is -2.10. The average Bonchev–Trinajstić information content (AvgIpc) is 2.50. The highest BCUT2D eigenvalue weighted by Crippen LogP contribution is 2.28. The molecule has 1 aliphatic carbocycles. The summed E-state index contributed by atoms with van der Waals surface area (Å²) in [4.78, 5) is 10.2. The van der Waals surface area contributed by atoms with Gasteiger partial charge in [0.25, 0.3) is 0 Å². The number of carboxylic acids is 1. The van der Waals surface area contributed by atoms with Crippen molar-refractivity contribution in [2.75, 3.05) is 0 Å². The summed E-state index contributed by atoms with van der Waals surface area (Å²) in [5.74, 6) is -0.603. The van der Waals surface area contributed by atoms with Crippen molar-refractivity contribution < 1.29 is 20.1 Å². The number of unbranched alkanes of at least 4 members (excludes halogenated alkanes) is 1. The topological polar surface area (TPSA) is 77.8 Å². The second-order valence-corrected chi connectivity index (χ2v) is 4.45. The van der Waals surface area contributed by atoms with Gasteiger partial charge in [0.2, 0.25) is 0 Å². The predicted octanol–water partition coefficient (Wildman–Crippen LogP) is 1.32. The highest BCUT2D eigenvalue weighted by molar-refractivity contribution is 5.66. The van der Waals surface area contributed by atoms with Crippen LogP contribution in [-0.2, 0) is 4.79 Å². The second-order valence-electron chi connectivity index (χ2n) is 4.45. The van der Waals surface area contributed by atoms with Crippen LogP contribution in [0.2, 0.25) is 0 Å². The minimum Gasteiger partial charge on any atom is -0.481 e. The van der Waals surface area contributed by atoms with Gasteiger partial charge in [0.15, 0.2) is 0 Å². The molecule has 1 rings (SSSR count). The van der Waals surface area contributed by atoms with Gasteiger partial charge in [-0.1, -0.05) is 12.2 Å². The first-order chi connectivity index (χ1) is 7.59. The minimum atomic E-state index is -0.761. The lowest BCUT2D eigenvalue weighted by Crippen LogP contribution is -2.11. The van der Waals surface area contributed by atoms with Crippen LogP contribution in [0.25, 0.3) is 0 Å². The van der Waals surface area contributed by atoms with Crippen LogP contribution in [-0.4, -0.2) is 33.5 Å². The van der Waals surface area contributed by atoms with E-state index in [9.17, 15) is 15.0 Å². The Labute approximate surface area is 95.6 Å². The van der Waals surface area contributed by atoms with Gasteiger partial charge in [-0.15, -0.1) is 0 Å². The summed E-state index contributed by atoms with van der Waals surface area (Å²) in [6.45, 7) is 0. The first-order valence-electron chi connectivity index (χ1n) is 5.82. The standard InChI is InChI=1S/C12H20O4/c13-10-7-9(11(14)8-10)5-3-1-2-4-6-12(15)16/h1,3,9-11,13-14H,2,4-8H2,(H,15,16)/b3-1-/t9-,10-,11-/m1/s1. The number of aliphatic hydroxyl groups excluding tert-OH is 2. The summed E-state index contributed by atoms with van der Waals surface area (Å²) in [7, 11) is 0. The highest BCUT2D eigenvalue weighted by Gasteiger charge is 2.30. The number of carbonyl (C=O) groups is 1. The van der Waals surface area contributed by atoms with Crippen molar-refractivity contribution in [3.63, 3.8) is 0 Å². The smallest absolute Gasteiger partial charge is 0.303 e. The summed E-state index contributed by atoms with van der Waals surface area (Å²) in [5, 5.41) is 27.3. The third kappa shape index (κ3) is 4.77. The molecule has 0 amide bonds. The van der Waals surface area contributed by atoms with E-state index in [0.29, 0.717) is 19.3 Å². The molecule has 1 saturated carbocycles. The van der Waals surface area contributed by atoms with Gasteiger partial charge < -0.3 is 15.3 Å². The molecule has 92 valence electrons. The number of rotatable bonds is 6. The summed E-state index contributed by atoms with van der Waals surface area (Å²) in [6.07, 6.45) is 6.73. The molecule has 0 heterocycles. The fourth-order valence-corrected chi connectivity index (χ4v) is 2.09. The third-order valence-corrected chi connectivity index (χ3v) is 3.00. The fourth-order valence-electron chi connectivity index (χ4n) is 2.09. The molecule has 3 atom stereocenters. The maximum absolute atomic E-state index is 10.2. The van der Waals surface area contributed by atoms with Crippen LogP contribution in [0.1, 0.15) is 38.5 Å². The molecule has 0 saturated heterocycles. The number of hydrogen-bond donors (Lipinski definition) is 3. The zero-order chi connectivity index (χ0) is 12.0. The Morgan fingerprint density at radius 2 is 2.00 bits per heavy atom.